The van der Waals surface area contributed by atoms with Gasteiger partial charge in [0.1, 0.15) is 17.9 Å². The summed E-state index contributed by atoms with van der Waals surface area (Å²) in [4.78, 5) is 46.9. The highest BCUT2D eigenvalue weighted by molar-refractivity contribution is 5.94. The van der Waals surface area contributed by atoms with Crippen LogP contribution in [0.2, 0.25) is 1.41 Å². The Bertz CT molecular complexity index is 770. The Morgan fingerprint density at radius 3 is 2.18 bits per heavy atom. The molecule has 0 spiro atoms. The fraction of sp³-hybridized carbons (Fsp3) is 0.444. The summed E-state index contributed by atoms with van der Waals surface area (Å²) in [5.74, 6) is -5.29. The molecule has 1 aromatic carbocycles. The first kappa shape index (κ1) is 21.3. The zero-order valence-electron chi connectivity index (χ0n) is 16.4. The molecule has 0 aromatic heterocycles. The van der Waals surface area contributed by atoms with Gasteiger partial charge in [-0.15, -0.1) is 0 Å². The van der Waals surface area contributed by atoms with Crippen LogP contribution >= 0.6 is 0 Å². The topological polar surface area (TPSA) is 153 Å². The summed E-state index contributed by atoms with van der Waals surface area (Å²) in [5.41, 5.74) is -0.985. The van der Waals surface area contributed by atoms with Crippen molar-refractivity contribution in [2.45, 2.75) is 44.2 Å². The normalized spacial score (nSPS) is 13.8. The van der Waals surface area contributed by atoms with Crippen LogP contribution in [0.1, 0.15) is 32.3 Å². The lowest BCUT2D eigenvalue weighted by molar-refractivity contribution is -0.143. The number of rotatable bonds is 10. The quantitative estimate of drug-likeness (QED) is 0.372. The van der Waals surface area contributed by atoms with Gasteiger partial charge in [0, 0.05) is 6.42 Å². The number of carboxylic acids is 2. The Kier molecular flexibility index (Phi) is 7.44. The number of nitrogens with one attached hydrogen (secondary N) is 2. The third-order valence-electron chi connectivity index (χ3n) is 4.11. The molecule has 154 valence electrons. The molecule has 0 unspecified atom stereocenters. The van der Waals surface area contributed by atoms with Crippen molar-refractivity contribution in [2.75, 3.05) is 6.61 Å². The van der Waals surface area contributed by atoms with Crippen molar-refractivity contribution in [1.29, 1.82) is 0 Å². The van der Waals surface area contributed by atoms with Gasteiger partial charge in [0.05, 0.1) is 12.0 Å². The summed E-state index contributed by atoms with van der Waals surface area (Å²) < 4.78 is 21.1. The van der Waals surface area contributed by atoms with E-state index in [1.807, 2.05) is 5.32 Å². The van der Waals surface area contributed by atoms with Crippen molar-refractivity contribution < 1.29 is 40.3 Å². The fourth-order valence-corrected chi connectivity index (χ4v) is 2.27. The lowest BCUT2D eigenvalue weighted by Gasteiger charge is -2.27. The maximum absolute atomic E-state index is 13.1. The van der Waals surface area contributed by atoms with E-state index in [-0.39, 0.29) is 5.31 Å². The van der Waals surface area contributed by atoms with Gasteiger partial charge in [-0.2, -0.15) is 0 Å². The number of carbonyl (C=O) groups is 4. The van der Waals surface area contributed by atoms with Gasteiger partial charge in [-0.05, 0) is 38.0 Å². The number of aliphatic carboxylic acids is 2. The number of hydrogen-bond donors (Lipinski definition) is 5. The molecule has 1 aromatic rings. The number of aliphatic hydroxyl groups excluding tert-OH is 1. The molecular weight excluding hydrogens is 375 g/mol. The predicted molar refractivity (Wildman–Crippen MR) is 94.9 cm³/mol. The molecule has 1 rings (SSSR count). The minimum absolute atomic E-state index is 0.231. The molecule has 0 fully saturated rings. The van der Waals surface area contributed by atoms with Crippen LogP contribution in [0.4, 0.5) is 4.39 Å². The van der Waals surface area contributed by atoms with Crippen LogP contribution in [0, 0.1) is 5.82 Å². The Balaban J connectivity index is 2.97. The molecule has 0 saturated carbocycles. The summed E-state index contributed by atoms with van der Waals surface area (Å²) >= 11 is 0. The Morgan fingerprint density at radius 1 is 1.14 bits per heavy atom. The van der Waals surface area contributed by atoms with Gasteiger partial charge in [-0.1, -0.05) is 12.1 Å². The lowest BCUT2D eigenvalue weighted by Crippen LogP contribution is -2.55. The smallest absolute Gasteiger partial charge is 0.326 e. The van der Waals surface area contributed by atoms with Crippen molar-refractivity contribution >= 4 is 23.8 Å². The first-order chi connectivity index (χ1) is 13.4. The molecule has 28 heavy (non-hydrogen) atoms. The van der Waals surface area contributed by atoms with Gasteiger partial charge in [0.15, 0.2) is 1.41 Å². The minimum Gasteiger partial charge on any atom is -0.481 e. The predicted octanol–water partition coefficient (Wildman–Crippen LogP) is 0.0146. The molecule has 0 radical (unpaired) electrons. The van der Waals surface area contributed by atoms with Gasteiger partial charge in [0.2, 0.25) is 11.8 Å². The molecule has 0 heterocycles. The number of carbonyl (C=O) groups excluding carboxylic acids is 2. The zero-order chi connectivity index (χ0) is 22.4. The number of halogens is 1. The molecule has 0 aliphatic carbocycles. The average Bonchev–Trinajstić information content (AvgIpc) is 2.64. The van der Waals surface area contributed by atoms with Crippen molar-refractivity contribution in [1.82, 2.24) is 10.6 Å². The summed E-state index contributed by atoms with van der Waals surface area (Å²) in [7, 11) is 0. The lowest BCUT2D eigenvalue weighted by atomic mass is 9.83. The van der Waals surface area contributed by atoms with Crippen LogP contribution in [0.15, 0.2) is 24.3 Å². The SMILES string of the molecule is [2H]N(C(=O)C(C)(C)c1ccc(F)cc1)[C@@H](CO)C(=O)N[C@@H](CCC(=O)O)C(=O)O. The maximum atomic E-state index is 13.1. The number of aliphatic hydroxyl groups is 1. The number of amides is 2. The van der Waals surface area contributed by atoms with E-state index < -0.39 is 66.5 Å². The van der Waals surface area contributed by atoms with E-state index in [9.17, 15) is 28.7 Å². The minimum atomic E-state index is -1.73. The third-order valence-corrected chi connectivity index (χ3v) is 4.11. The van der Waals surface area contributed by atoms with Crippen LogP contribution in [0.5, 0.6) is 0 Å². The summed E-state index contributed by atoms with van der Waals surface area (Å²) in [5, 5.41) is 29.5. The van der Waals surface area contributed by atoms with Crippen LogP contribution in [-0.4, -0.2) is 57.8 Å². The first-order valence-corrected chi connectivity index (χ1v) is 8.36. The summed E-state index contributed by atoms with van der Waals surface area (Å²) in [6, 6.07) is 1.67. The van der Waals surface area contributed by atoms with Gasteiger partial charge in [0.25, 0.3) is 0 Å². The van der Waals surface area contributed by atoms with E-state index >= 15 is 0 Å². The van der Waals surface area contributed by atoms with Gasteiger partial charge >= 0.3 is 11.9 Å². The van der Waals surface area contributed by atoms with Crippen LogP contribution in [-0.2, 0) is 24.6 Å². The number of carboxylic acid groups (broad SMARTS) is 2. The second-order valence-electron chi connectivity index (χ2n) is 6.60. The van der Waals surface area contributed by atoms with Crippen molar-refractivity contribution in [2.24, 2.45) is 0 Å². The van der Waals surface area contributed by atoms with E-state index in [0.29, 0.717) is 5.56 Å². The molecule has 10 heteroatoms. The Hall–Kier alpha value is -3.01. The van der Waals surface area contributed by atoms with E-state index in [1.54, 1.807) is 0 Å². The Morgan fingerprint density at radius 2 is 1.71 bits per heavy atom. The molecule has 0 saturated heterocycles. The van der Waals surface area contributed by atoms with Gasteiger partial charge in [-0.3, -0.25) is 14.4 Å². The molecule has 5 N–H and O–H groups in total. The Labute approximate surface area is 162 Å². The second-order valence-corrected chi connectivity index (χ2v) is 6.60. The zero-order valence-corrected chi connectivity index (χ0v) is 15.4. The first-order valence-electron chi connectivity index (χ1n) is 8.81. The van der Waals surface area contributed by atoms with Crippen molar-refractivity contribution in [3.05, 3.63) is 35.6 Å². The maximum Gasteiger partial charge on any atom is 0.326 e. The summed E-state index contributed by atoms with van der Waals surface area (Å²) in [6.07, 6.45) is -0.941. The fourth-order valence-electron chi connectivity index (χ4n) is 2.27. The summed E-state index contributed by atoms with van der Waals surface area (Å²) in [6.45, 7) is 1.93. The molecule has 0 aliphatic rings. The number of benzene rings is 1. The van der Waals surface area contributed by atoms with E-state index in [4.69, 9.17) is 11.6 Å². The van der Waals surface area contributed by atoms with Gasteiger partial charge in [-0.25, -0.2) is 9.18 Å². The van der Waals surface area contributed by atoms with Crippen molar-refractivity contribution in [3.8, 4) is 0 Å². The van der Waals surface area contributed by atoms with Crippen molar-refractivity contribution in [3.63, 3.8) is 0 Å². The highest BCUT2D eigenvalue weighted by Gasteiger charge is 2.34. The van der Waals surface area contributed by atoms with E-state index in [1.165, 1.54) is 26.0 Å². The largest absolute Gasteiger partial charge is 0.481 e. The highest BCUT2D eigenvalue weighted by atomic mass is 19.1. The second kappa shape index (κ2) is 9.79. The molecular formula is C18H23FN2O7. The van der Waals surface area contributed by atoms with Gasteiger partial charge < -0.3 is 25.9 Å². The van der Waals surface area contributed by atoms with Crippen LogP contribution in [0.25, 0.3) is 0 Å². The highest BCUT2D eigenvalue weighted by Crippen LogP contribution is 2.23. The van der Waals surface area contributed by atoms with E-state index in [2.05, 4.69) is 0 Å². The average molecular weight is 399 g/mol. The molecule has 0 bridgehead atoms. The van der Waals surface area contributed by atoms with Crippen LogP contribution in [0.3, 0.4) is 0 Å². The standard InChI is InChI=1S/C18H23FN2O7/c1-18(2,10-3-5-11(19)6-4-10)17(28)21-13(9-22)15(25)20-12(16(26)27)7-8-14(23)24/h3-6,12-13,22H,7-9H2,1-2H3,(H,20,25)(H,21,28)(H,23,24)(H,26,27)/t12-,13-/m0/s1/i/hD. The third kappa shape index (κ3) is 6.31. The monoisotopic (exact) mass is 399 g/mol. The number of hydrogen-bond acceptors (Lipinski definition) is 5. The molecule has 2 amide bonds. The molecule has 9 nitrogen and oxygen atoms in total. The van der Waals surface area contributed by atoms with E-state index in [0.717, 1.165) is 12.1 Å². The van der Waals surface area contributed by atoms with Crippen LogP contribution < -0.4 is 10.6 Å². The molecule has 2 atom stereocenters. The molecule has 0 aliphatic heterocycles.